The molecule has 2 atom stereocenters. The van der Waals surface area contributed by atoms with E-state index in [2.05, 4.69) is 5.32 Å². The van der Waals surface area contributed by atoms with Gasteiger partial charge in [-0.25, -0.2) is 14.8 Å². The van der Waals surface area contributed by atoms with Gasteiger partial charge in [0.2, 0.25) is 11.8 Å². The molecule has 0 spiro atoms. The Labute approximate surface area is 199 Å². The number of amides is 4. The van der Waals surface area contributed by atoms with E-state index in [9.17, 15) is 19.5 Å². The lowest BCUT2D eigenvalue weighted by Crippen LogP contribution is -2.75. The van der Waals surface area contributed by atoms with Crippen LogP contribution in [0.1, 0.15) is 30.9 Å². The Morgan fingerprint density at radius 1 is 1.06 bits per heavy atom. The van der Waals surface area contributed by atoms with Gasteiger partial charge >= 0.3 is 6.03 Å². The molecule has 2 aliphatic rings. The summed E-state index contributed by atoms with van der Waals surface area (Å²) < 4.78 is 0. The highest BCUT2D eigenvalue weighted by Gasteiger charge is 2.50. The van der Waals surface area contributed by atoms with Gasteiger partial charge in [-0.1, -0.05) is 55.8 Å². The third-order valence-electron chi connectivity index (χ3n) is 6.31. The molecule has 2 saturated heterocycles. The summed E-state index contributed by atoms with van der Waals surface area (Å²) in [7, 11) is 1.71. The Bertz CT molecular complexity index is 1030. The molecule has 0 bridgehead atoms. The minimum Gasteiger partial charge on any atom is -0.508 e. The highest BCUT2D eigenvalue weighted by atomic mass is 16.3. The van der Waals surface area contributed by atoms with Crippen molar-refractivity contribution in [3.8, 4) is 5.75 Å². The van der Waals surface area contributed by atoms with E-state index >= 15 is 0 Å². The average Bonchev–Trinajstić information content (AvgIpc) is 2.82. The van der Waals surface area contributed by atoms with E-state index < -0.39 is 12.2 Å². The summed E-state index contributed by atoms with van der Waals surface area (Å²) in [6.07, 6.45) is 0.692. The number of fused-ring (bicyclic) bond motifs is 1. The van der Waals surface area contributed by atoms with Crippen LogP contribution in [0.3, 0.4) is 0 Å². The molecule has 2 aliphatic heterocycles. The summed E-state index contributed by atoms with van der Waals surface area (Å²) in [5.41, 5.74) is 1.84. The van der Waals surface area contributed by atoms with Crippen LogP contribution in [-0.4, -0.2) is 75.1 Å². The van der Waals surface area contributed by atoms with E-state index in [0.29, 0.717) is 13.0 Å². The van der Waals surface area contributed by atoms with Crippen LogP contribution < -0.4 is 5.32 Å². The van der Waals surface area contributed by atoms with Crippen molar-refractivity contribution in [2.24, 2.45) is 0 Å². The maximum Gasteiger partial charge on any atom is 0.334 e. The minimum atomic E-state index is -0.596. The molecule has 9 heteroatoms. The van der Waals surface area contributed by atoms with Gasteiger partial charge in [0.15, 0.2) is 0 Å². The van der Waals surface area contributed by atoms with Crippen molar-refractivity contribution in [2.75, 3.05) is 20.1 Å². The van der Waals surface area contributed by atoms with Crippen molar-refractivity contribution < 1.29 is 19.5 Å². The molecule has 4 amide bonds. The van der Waals surface area contributed by atoms with Gasteiger partial charge < -0.3 is 20.2 Å². The predicted molar refractivity (Wildman–Crippen MR) is 126 cm³/mol. The van der Waals surface area contributed by atoms with Gasteiger partial charge in [0.25, 0.3) is 0 Å². The number of hydrogen-bond acceptors (Lipinski definition) is 5. The van der Waals surface area contributed by atoms with Gasteiger partial charge in [0.1, 0.15) is 18.0 Å². The highest BCUT2D eigenvalue weighted by Crippen LogP contribution is 2.28. The molecule has 2 N–H and O–H groups in total. The number of piperazine rings is 1. The van der Waals surface area contributed by atoms with E-state index in [1.165, 1.54) is 0 Å². The predicted octanol–water partition coefficient (Wildman–Crippen LogP) is 2.13. The SMILES string of the molecule is CCC[C@H]1C(=O)N(Cc2ccccc2)C[C@H]2N1C(=O)CN(C)N2C(=O)NCc1ccc(O)cc1. The monoisotopic (exact) mass is 465 g/mol. The quantitative estimate of drug-likeness (QED) is 0.681. The molecular weight excluding hydrogens is 434 g/mol. The van der Waals surface area contributed by atoms with Crippen LogP contribution in [0.15, 0.2) is 54.6 Å². The fourth-order valence-electron chi connectivity index (χ4n) is 4.67. The molecule has 2 fully saturated rings. The number of nitrogens with one attached hydrogen (secondary N) is 1. The van der Waals surface area contributed by atoms with E-state index in [1.807, 2.05) is 37.3 Å². The Kier molecular flexibility index (Phi) is 7.02. The number of benzene rings is 2. The fraction of sp³-hybridized carbons (Fsp3) is 0.400. The zero-order valence-electron chi connectivity index (χ0n) is 19.6. The first-order valence-electron chi connectivity index (χ1n) is 11.6. The van der Waals surface area contributed by atoms with Crippen LogP contribution in [0.2, 0.25) is 0 Å². The second-order valence-electron chi connectivity index (χ2n) is 8.78. The van der Waals surface area contributed by atoms with Crippen molar-refractivity contribution in [1.29, 1.82) is 0 Å². The van der Waals surface area contributed by atoms with Crippen LogP contribution in [0.5, 0.6) is 5.75 Å². The third-order valence-corrected chi connectivity index (χ3v) is 6.31. The molecule has 180 valence electrons. The summed E-state index contributed by atoms with van der Waals surface area (Å²) in [5.74, 6) is -0.0714. The smallest absolute Gasteiger partial charge is 0.334 e. The van der Waals surface area contributed by atoms with Crippen LogP contribution in [0.4, 0.5) is 4.79 Å². The summed E-state index contributed by atoms with van der Waals surface area (Å²) in [6.45, 7) is 2.94. The number of hydrazine groups is 1. The number of carbonyl (C=O) groups is 3. The number of rotatable bonds is 6. The van der Waals surface area contributed by atoms with E-state index in [1.54, 1.807) is 51.1 Å². The molecule has 34 heavy (non-hydrogen) atoms. The number of aromatic hydroxyl groups is 1. The first-order valence-corrected chi connectivity index (χ1v) is 11.6. The van der Waals surface area contributed by atoms with Gasteiger partial charge in [0, 0.05) is 20.1 Å². The summed E-state index contributed by atoms with van der Waals surface area (Å²) >= 11 is 0. The second-order valence-corrected chi connectivity index (χ2v) is 8.78. The molecule has 0 radical (unpaired) electrons. The Balaban J connectivity index is 1.58. The number of phenols is 1. The second kappa shape index (κ2) is 10.1. The number of nitrogens with zero attached hydrogens (tertiary/aromatic N) is 4. The summed E-state index contributed by atoms with van der Waals surface area (Å²) in [4.78, 5) is 43.1. The average molecular weight is 466 g/mol. The van der Waals surface area contributed by atoms with Crippen molar-refractivity contribution in [2.45, 2.75) is 45.1 Å². The topological polar surface area (TPSA) is 96.4 Å². The molecule has 0 unspecified atom stereocenters. The lowest BCUT2D eigenvalue weighted by Gasteiger charge is -2.54. The van der Waals surface area contributed by atoms with E-state index in [4.69, 9.17) is 0 Å². The van der Waals surface area contributed by atoms with Crippen molar-refractivity contribution in [1.82, 2.24) is 25.1 Å². The lowest BCUT2D eigenvalue weighted by molar-refractivity contribution is -0.188. The lowest BCUT2D eigenvalue weighted by atomic mass is 10.0. The number of carbonyl (C=O) groups excluding carboxylic acids is 3. The third kappa shape index (κ3) is 4.84. The van der Waals surface area contributed by atoms with E-state index in [0.717, 1.165) is 17.5 Å². The fourth-order valence-corrected chi connectivity index (χ4v) is 4.67. The normalized spacial score (nSPS) is 20.9. The van der Waals surface area contributed by atoms with Gasteiger partial charge in [-0.15, -0.1) is 0 Å². The number of hydrogen-bond donors (Lipinski definition) is 2. The number of phenolic OH excluding ortho intramolecular Hbond substituents is 1. The maximum atomic E-state index is 13.4. The number of urea groups is 1. The van der Waals surface area contributed by atoms with Gasteiger partial charge in [-0.3, -0.25) is 9.59 Å². The van der Waals surface area contributed by atoms with Gasteiger partial charge in [-0.2, -0.15) is 0 Å². The summed E-state index contributed by atoms with van der Waals surface area (Å²) in [5, 5.41) is 15.6. The molecule has 0 aromatic heterocycles. The van der Waals surface area contributed by atoms with Crippen LogP contribution in [-0.2, 0) is 22.7 Å². The van der Waals surface area contributed by atoms with E-state index in [-0.39, 0.29) is 43.2 Å². The Morgan fingerprint density at radius 3 is 2.44 bits per heavy atom. The molecule has 2 heterocycles. The molecule has 9 nitrogen and oxygen atoms in total. The molecule has 4 rings (SSSR count). The standard InChI is InChI=1S/C25H31N5O4/c1-3-7-21-24(33)28(15-19-8-5-4-6-9-19)16-22-29(21)23(32)17-27(2)30(22)25(34)26-14-18-10-12-20(31)13-11-18/h4-6,8-13,21-22,31H,3,7,14-17H2,1-2H3,(H,26,34)/t21-,22-/m0/s1. The largest absolute Gasteiger partial charge is 0.508 e. The zero-order chi connectivity index (χ0) is 24.2. The maximum absolute atomic E-state index is 13.4. The minimum absolute atomic E-state index is 0.0231. The van der Waals surface area contributed by atoms with Crippen LogP contribution in [0.25, 0.3) is 0 Å². The van der Waals surface area contributed by atoms with Gasteiger partial charge in [0.05, 0.1) is 13.1 Å². The first kappa shape index (κ1) is 23.6. The van der Waals surface area contributed by atoms with Crippen LogP contribution >= 0.6 is 0 Å². The van der Waals surface area contributed by atoms with Crippen molar-refractivity contribution >= 4 is 17.8 Å². The molecule has 2 aromatic rings. The molecule has 0 saturated carbocycles. The molecule has 0 aliphatic carbocycles. The highest BCUT2D eigenvalue weighted by molar-refractivity contribution is 5.91. The van der Waals surface area contributed by atoms with Crippen molar-refractivity contribution in [3.63, 3.8) is 0 Å². The molecule has 2 aromatic carbocycles. The molecular formula is C25H31N5O4. The Morgan fingerprint density at radius 2 is 1.76 bits per heavy atom. The zero-order valence-corrected chi connectivity index (χ0v) is 19.6. The Hall–Kier alpha value is -3.59. The van der Waals surface area contributed by atoms with Gasteiger partial charge in [-0.05, 0) is 29.7 Å². The van der Waals surface area contributed by atoms with Crippen molar-refractivity contribution in [3.05, 3.63) is 65.7 Å². The van der Waals surface area contributed by atoms with Crippen LogP contribution in [0, 0.1) is 0 Å². The first-order chi connectivity index (χ1) is 16.4. The number of likely N-dealkylation sites (N-methyl/N-ethyl adjacent to an activating group) is 1. The summed E-state index contributed by atoms with van der Waals surface area (Å²) in [6, 6.07) is 15.4.